The molecule has 0 fully saturated rings. The van der Waals surface area contributed by atoms with Crippen LogP contribution in [0.5, 0.6) is 5.75 Å². The second kappa shape index (κ2) is 4.75. The van der Waals surface area contributed by atoms with Crippen molar-refractivity contribution in [2.75, 3.05) is 7.11 Å². The molecule has 1 aromatic heterocycles. The Labute approximate surface area is 104 Å². The van der Waals surface area contributed by atoms with E-state index in [1.807, 2.05) is 24.3 Å². The lowest BCUT2D eigenvalue weighted by atomic mass is 10.1. The quantitative estimate of drug-likeness (QED) is 0.906. The van der Waals surface area contributed by atoms with Crippen LogP contribution in [-0.4, -0.2) is 18.2 Å². The maximum absolute atomic E-state index is 10.8. The summed E-state index contributed by atoms with van der Waals surface area (Å²) in [6, 6.07) is 7.92. The van der Waals surface area contributed by atoms with Crippen molar-refractivity contribution in [1.82, 2.24) is 0 Å². The van der Waals surface area contributed by atoms with E-state index in [4.69, 9.17) is 9.84 Å². The molecule has 4 heteroatoms. The molecule has 0 aliphatic rings. The molecule has 0 radical (unpaired) electrons. The Hall–Kier alpha value is -1.55. The molecule has 2 aromatic rings. The fourth-order valence-corrected chi connectivity index (χ4v) is 3.02. The normalized spacial score (nSPS) is 12.6. The molecule has 90 valence electrons. The SMILES string of the molecule is COc1cccc2cc(CC(C)C(=O)O)sc12. The van der Waals surface area contributed by atoms with Crippen molar-refractivity contribution in [3.05, 3.63) is 29.1 Å². The maximum Gasteiger partial charge on any atom is 0.306 e. The molecule has 0 saturated heterocycles. The minimum atomic E-state index is -0.755. The summed E-state index contributed by atoms with van der Waals surface area (Å²) in [5.74, 6) is -0.259. The van der Waals surface area contributed by atoms with Crippen molar-refractivity contribution < 1.29 is 14.6 Å². The van der Waals surface area contributed by atoms with Gasteiger partial charge in [-0.2, -0.15) is 0 Å². The highest BCUT2D eigenvalue weighted by Gasteiger charge is 2.14. The Kier molecular flexibility index (Phi) is 3.33. The topological polar surface area (TPSA) is 46.5 Å². The maximum atomic E-state index is 10.8. The van der Waals surface area contributed by atoms with Crippen LogP contribution in [0.1, 0.15) is 11.8 Å². The molecule has 0 aliphatic carbocycles. The van der Waals surface area contributed by atoms with Crippen molar-refractivity contribution in [2.45, 2.75) is 13.3 Å². The number of hydrogen-bond acceptors (Lipinski definition) is 3. The van der Waals surface area contributed by atoms with Gasteiger partial charge in [-0.1, -0.05) is 19.1 Å². The van der Waals surface area contributed by atoms with Crippen molar-refractivity contribution in [3.8, 4) is 5.75 Å². The fraction of sp³-hybridized carbons (Fsp3) is 0.308. The van der Waals surface area contributed by atoms with Crippen LogP contribution in [0.3, 0.4) is 0 Å². The summed E-state index contributed by atoms with van der Waals surface area (Å²) in [6.07, 6.45) is 0.567. The second-order valence-corrected chi connectivity index (χ2v) is 5.17. The van der Waals surface area contributed by atoms with Crippen LogP contribution < -0.4 is 4.74 Å². The number of hydrogen-bond donors (Lipinski definition) is 1. The third kappa shape index (κ3) is 2.42. The van der Waals surface area contributed by atoms with Gasteiger partial charge in [-0.3, -0.25) is 4.79 Å². The van der Waals surface area contributed by atoms with Crippen LogP contribution in [0, 0.1) is 5.92 Å². The zero-order valence-electron chi connectivity index (χ0n) is 9.77. The number of carbonyl (C=O) groups is 1. The van der Waals surface area contributed by atoms with Gasteiger partial charge < -0.3 is 9.84 Å². The highest BCUT2D eigenvalue weighted by molar-refractivity contribution is 7.19. The second-order valence-electron chi connectivity index (χ2n) is 4.03. The Balaban J connectivity index is 2.34. The molecule has 1 heterocycles. The van der Waals surface area contributed by atoms with Gasteiger partial charge in [0.25, 0.3) is 0 Å². The number of fused-ring (bicyclic) bond motifs is 1. The Morgan fingerprint density at radius 3 is 2.94 bits per heavy atom. The molecular formula is C13H14O3S. The highest BCUT2D eigenvalue weighted by atomic mass is 32.1. The Bertz CT molecular complexity index is 545. The molecule has 1 N–H and O–H groups in total. The van der Waals surface area contributed by atoms with Crippen LogP contribution in [0.4, 0.5) is 0 Å². The summed E-state index contributed by atoms with van der Waals surface area (Å²) in [4.78, 5) is 11.9. The summed E-state index contributed by atoms with van der Waals surface area (Å²) in [5, 5.41) is 10.0. The number of thiophene rings is 1. The summed E-state index contributed by atoms with van der Waals surface area (Å²) >= 11 is 1.61. The van der Waals surface area contributed by atoms with Gasteiger partial charge in [0, 0.05) is 4.88 Å². The Morgan fingerprint density at radius 2 is 2.29 bits per heavy atom. The van der Waals surface area contributed by atoms with Crippen LogP contribution in [0.2, 0.25) is 0 Å². The lowest BCUT2D eigenvalue weighted by Crippen LogP contribution is -2.11. The average Bonchev–Trinajstić information content (AvgIpc) is 2.70. The minimum Gasteiger partial charge on any atom is -0.495 e. The first-order chi connectivity index (χ1) is 8.11. The van der Waals surface area contributed by atoms with Crippen LogP contribution >= 0.6 is 11.3 Å². The number of methoxy groups -OCH3 is 1. The molecule has 0 aliphatic heterocycles. The van der Waals surface area contributed by atoms with Gasteiger partial charge >= 0.3 is 5.97 Å². The number of rotatable bonds is 4. The van der Waals surface area contributed by atoms with Gasteiger partial charge in [0.15, 0.2) is 0 Å². The highest BCUT2D eigenvalue weighted by Crippen LogP contribution is 2.34. The molecule has 1 unspecified atom stereocenters. The van der Waals surface area contributed by atoms with E-state index in [0.717, 1.165) is 20.7 Å². The van der Waals surface area contributed by atoms with Crippen molar-refractivity contribution in [2.24, 2.45) is 5.92 Å². The molecule has 0 amide bonds. The molecule has 0 spiro atoms. The number of benzene rings is 1. The summed E-state index contributed by atoms with van der Waals surface area (Å²) in [6.45, 7) is 1.73. The van der Waals surface area contributed by atoms with Gasteiger partial charge in [0.05, 0.1) is 17.7 Å². The van der Waals surface area contributed by atoms with E-state index < -0.39 is 5.97 Å². The number of carboxylic acid groups (broad SMARTS) is 1. The first kappa shape index (κ1) is 11.9. The molecule has 1 aromatic carbocycles. The third-order valence-electron chi connectivity index (χ3n) is 2.71. The van der Waals surface area contributed by atoms with Gasteiger partial charge in [-0.25, -0.2) is 0 Å². The summed E-state index contributed by atoms with van der Waals surface area (Å²) in [5.41, 5.74) is 0. The zero-order valence-corrected chi connectivity index (χ0v) is 10.6. The van der Waals surface area contributed by atoms with E-state index >= 15 is 0 Å². The molecule has 2 rings (SSSR count). The average molecular weight is 250 g/mol. The summed E-state index contributed by atoms with van der Waals surface area (Å²) < 4.78 is 6.37. The van der Waals surface area contributed by atoms with Crippen LogP contribution in [0.15, 0.2) is 24.3 Å². The monoisotopic (exact) mass is 250 g/mol. The molecule has 3 nitrogen and oxygen atoms in total. The van der Waals surface area contributed by atoms with Gasteiger partial charge in [-0.05, 0) is 23.9 Å². The number of carboxylic acids is 1. The summed E-state index contributed by atoms with van der Waals surface area (Å²) in [7, 11) is 1.65. The van der Waals surface area contributed by atoms with Crippen LogP contribution in [-0.2, 0) is 11.2 Å². The standard InChI is InChI=1S/C13H14O3S/c1-8(13(14)15)6-10-7-9-4-3-5-11(16-2)12(9)17-10/h3-5,7-8H,6H2,1-2H3,(H,14,15). The van der Waals surface area contributed by atoms with E-state index in [1.54, 1.807) is 25.4 Å². The molecule has 1 atom stereocenters. The first-order valence-electron chi connectivity index (χ1n) is 5.40. The minimum absolute atomic E-state index is 0.353. The third-order valence-corrected chi connectivity index (χ3v) is 3.90. The first-order valence-corrected chi connectivity index (χ1v) is 6.21. The molecule has 0 bridgehead atoms. The van der Waals surface area contributed by atoms with Crippen LogP contribution in [0.25, 0.3) is 10.1 Å². The van der Waals surface area contributed by atoms with E-state index in [0.29, 0.717) is 6.42 Å². The zero-order chi connectivity index (χ0) is 12.4. The molecule has 0 saturated carbocycles. The van der Waals surface area contributed by atoms with E-state index in [2.05, 4.69) is 0 Å². The number of ether oxygens (including phenoxy) is 1. The van der Waals surface area contributed by atoms with Crippen molar-refractivity contribution in [3.63, 3.8) is 0 Å². The predicted molar refractivity (Wildman–Crippen MR) is 68.9 cm³/mol. The molecular weight excluding hydrogens is 236 g/mol. The lowest BCUT2D eigenvalue weighted by molar-refractivity contribution is -0.141. The molecule has 17 heavy (non-hydrogen) atoms. The smallest absolute Gasteiger partial charge is 0.306 e. The van der Waals surface area contributed by atoms with Gasteiger partial charge in [0.1, 0.15) is 5.75 Å². The van der Waals surface area contributed by atoms with Gasteiger partial charge in [-0.15, -0.1) is 11.3 Å². The van der Waals surface area contributed by atoms with Crippen molar-refractivity contribution in [1.29, 1.82) is 0 Å². The predicted octanol–water partition coefficient (Wildman–Crippen LogP) is 3.17. The van der Waals surface area contributed by atoms with E-state index in [9.17, 15) is 4.79 Å². The largest absolute Gasteiger partial charge is 0.495 e. The number of aliphatic carboxylic acids is 1. The van der Waals surface area contributed by atoms with E-state index in [1.165, 1.54) is 0 Å². The van der Waals surface area contributed by atoms with Gasteiger partial charge in [0.2, 0.25) is 0 Å². The fourth-order valence-electron chi connectivity index (χ4n) is 1.74. The van der Waals surface area contributed by atoms with E-state index in [-0.39, 0.29) is 5.92 Å². The lowest BCUT2D eigenvalue weighted by Gasteiger charge is -2.02. The Morgan fingerprint density at radius 1 is 1.53 bits per heavy atom. The van der Waals surface area contributed by atoms with Crippen molar-refractivity contribution >= 4 is 27.4 Å².